The zero-order chi connectivity index (χ0) is 10.1. The molecule has 0 aliphatic carbocycles. The number of carbonyl (C=O) groups excluding carboxylic acids is 1. The third kappa shape index (κ3) is 7.33. The molecule has 0 N–H and O–H groups in total. The van der Waals surface area contributed by atoms with Crippen LogP contribution in [0.4, 0.5) is 0 Å². The van der Waals surface area contributed by atoms with Crippen molar-refractivity contribution >= 4 is 5.97 Å². The maximum absolute atomic E-state index is 10.7. The molecule has 0 spiro atoms. The molecule has 76 valence electrons. The van der Waals surface area contributed by atoms with Crippen LogP contribution in [0, 0.1) is 0 Å². The Balaban J connectivity index is 3.54. The fraction of sp³-hybridized carbons (Fsp3) is 0.667. The molecule has 0 aliphatic rings. The molecule has 0 aliphatic heterocycles. The van der Waals surface area contributed by atoms with Crippen LogP contribution >= 0.6 is 0 Å². The number of esters is 1. The third-order valence-corrected chi connectivity index (χ3v) is 1.53. The quantitative estimate of drug-likeness (QED) is 0.347. The van der Waals surface area contributed by atoms with E-state index in [2.05, 4.69) is 4.74 Å². The van der Waals surface area contributed by atoms with E-state index in [0.29, 0.717) is 0 Å². The number of hydrogen-bond donors (Lipinski definition) is 0. The van der Waals surface area contributed by atoms with Crippen LogP contribution in [0.3, 0.4) is 0 Å². The number of rotatable bonds is 6. The van der Waals surface area contributed by atoms with Gasteiger partial charge >= 0.3 is 5.97 Å². The Bertz CT molecular complexity index is 168. The summed E-state index contributed by atoms with van der Waals surface area (Å²) in [6, 6.07) is 0. The van der Waals surface area contributed by atoms with E-state index in [1.54, 1.807) is 13.3 Å². The van der Waals surface area contributed by atoms with Crippen LogP contribution in [0.15, 0.2) is 12.3 Å². The fourth-order valence-corrected chi connectivity index (χ4v) is 0.789. The van der Waals surface area contributed by atoms with Gasteiger partial charge < -0.3 is 14.4 Å². The molecule has 0 saturated carbocycles. The summed E-state index contributed by atoms with van der Waals surface area (Å²) in [5, 5.41) is 0. The topological polar surface area (TPSA) is 38.8 Å². The van der Waals surface area contributed by atoms with Crippen molar-refractivity contribution in [1.29, 1.82) is 0 Å². The van der Waals surface area contributed by atoms with E-state index in [-0.39, 0.29) is 5.97 Å². The molecule has 4 heteroatoms. The van der Waals surface area contributed by atoms with Crippen molar-refractivity contribution in [2.24, 2.45) is 0 Å². The van der Waals surface area contributed by atoms with E-state index in [1.807, 2.05) is 11.9 Å². The van der Waals surface area contributed by atoms with Gasteiger partial charge in [0.25, 0.3) is 0 Å². The second kappa shape index (κ2) is 7.61. The maximum atomic E-state index is 10.7. The van der Waals surface area contributed by atoms with Crippen molar-refractivity contribution < 1.29 is 14.3 Å². The first kappa shape index (κ1) is 12.0. The van der Waals surface area contributed by atoms with E-state index in [9.17, 15) is 4.79 Å². The molecule has 0 saturated heterocycles. The summed E-state index contributed by atoms with van der Waals surface area (Å²) in [7, 11) is 4.93. The van der Waals surface area contributed by atoms with Crippen LogP contribution in [0.1, 0.15) is 6.42 Å². The molecule has 0 heterocycles. The Morgan fingerprint density at radius 2 is 2.15 bits per heavy atom. The van der Waals surface area contributed by atoms with Gasteiger partial charge in [0.05, 0.1) is 7.11 Å². The zero-order valence-corrected chi connectivity index (χ0v) is 8.45. The van der Waals surface area contributed by atoms with Crippen LogP contribution in [0.5, 0.6) is 0 Å². The minimum Gasteiger partial charge on any atom is -0.466 e. The van der Waals surface area contributed by atoms with Gasteiger partial charge in [-0.2, -0.15) is 0 Å². The molecule has 0 aromatic heterocycles. The number of methoxy groups -OCH3 is 2. The monoisotopic (exact) mass is 187 g/mol. The summed E-state index contributed by atoms with van der Waals surface area (Å²) >= 11 is 0. The second-order valence-electron chi connectivity index (χ2n) is 2.67. The predicted molar refractivity (Wildman–Crippen MR) is 50.3 cm³/mol. The molecule has 0 aromatic carbocycles. The lowest BCUT2D eigenvalue weighted by atomic mass is 10.4. The van der Waals surface area contributed by atoms with Crippen LogP contribution in [-0.4, -0.2) is 45.3 Å². The smallest absolute Gasteiger partial charge is 0.331 e. The molecular weight excluding hydrogens is 170 g/mol. The van der Waals surface area contributed by atoms with Crippen LogP contribution < -0.4 is 0 Å². The lowest BCUT2D eigenvalue weighted by molar-refractivity contribution is -0.134. The number of ether oxygens (including phenoxy) is 2. The van der Waals surface area contributed by atoms with Crippen molar-refractivity contribution in [1.82, 2.24) is 4.90 Å². The van der Waals surface area contributed by atoms with Gasteiger partial charge in [0.15, 0.2) is 0 Å². The summed E-state index contributed by atoms with van der Waals surface area (Å²) in [6.07, 6.45) is 4.03. The van der Waals surface area contributed by atoms with Gasteiger partial charge in [-0.25, -0.2) is 4.79 Å². The van der Waals surface area contributed by atoms with Gasteiger partial charge in [0.1, 0.15) is 0 Å². The number of carbonyl (C=O) groups is 1. The highest BCUT2D eigenvalue weighted by Gasteiger charge is 1.94. The highest BCUT2D eigenvalue weighted by molar-refractivity contribution is 5.81. The van der Waals surface area contributed by atoms with E-state index < -0.39 is 0 Å². The number of hydrogen-bond acceptors (Lipinski definition) is 4. The van der Waals surface area contributed by atoms with Crippen molar-refractivity contribution in [3.05, 3.63) is 12.3 Å². The second-order valence-corrected chi connectivity index (χ2v) is 2.67. The summed E-state index contributed by atoms with van der Waals surface area (Å²) in [6.45, 7) is 1.59. The maximum Gasteiger partial charge on any atom is 0.331 e. The molecule has 4 nitrogen and oxygen atoms in total. The Kier molecular flexibility index (Phi) is 7.01. The lowest BCUT2D eigenvalue weighted by Crippen LogP contribution is -2.14. The van der Waals surface area contributed by atoms with Crippen LogP contribution in [-0.2, 0) is 14.3 Å². The highest BCUT2D eigenvalue weighted by atomic mass is 16.5. The standard InChI is InChI=1S/C9H17NO3/c1-10(6-4-8-12-2)7-5-9(11)13-3/h5,7H,4,6,8H2,1-3H3. The SMILES string of the molecule is COCCCN(C)C=CC(=O)OC. The molecular formula is C9H17NO3. The summed E-state index contributed by atoms with van der Waals surface area (Å²) < 4.78 is 9.35. The van der Waals surface area contributed by atoms with Crippen LogP contribution in [0.2, 0.25) is 0 Å². The zero-order valence-electron chi connectivity index (χ0n) is 8.45. The van der Waals surface area contributed by atoms with Gasteiger partial charge in [-0.3, -0.25) is 0 Å². The number of nitrogens with zero attached hydrogens (tertiary/aromatic N) is 1. The van der Waals surface area contributed by atoms with Gasteiger partial charge in [0.2, 0.25) is 0 Å². The molecule has 0 amide bonds. The highest BCUT2D eigenvalue weighted by Crippen LogP contribution is 1.89. The van der Waals surface area contributed by atoms with Crippen molar-refractivity contribution in [3.8, 4) is 0 Å². The van der Waals surface area contributed by atoms with Crippen LogP contribution in [0.25, 0.3) is 0 Å². The molecule has 0 radical (unpaired) electrons. The Morgan fingerprint density at radius 3 is 2.69 bits per heavy atom. The summed E-state index contributed by atoms with van der Waals surface area (Å²) in [4.78, 5) is 12.6. The first-order chi connectivity index (χ1) is 6.20. The summed E-state index contributed by atoms with van der Waals surface area (Å²) in [5.41, 5.74) is 0. The van der Waals surface area contributed by atoms with Crippen molar-refractivity contribution in [3.63, 3.8) is 0 Å². The fourth-order valence-electron chi connectivity index (χ4n) is 0.789. The largest absolute Gasteiger partial charge is 0.466 e. The minimum atomic E-state index is -0.335. The van der Waals surface area contributed by atoms with E-state index in [1.165, 1.54) is 13.2 Å². The normalized spacial score (nSPS) is 10.4. The van der Waals surface area contributed by atoms with Crippen molar-refractivity contribution in [2.75, 3.05) is 34.4 Å². The molecule has 0 bridgehead atoms. The van der Waals surface area contributed by atoms with E-state index >= 15 is 0 Å². The minimum absolute atomic E-state index is 0.335. The van der Waals surface area contributed by atoms with Gasteiger partial charge in [-0.1, -0.05) is 0 Å². The third-order valence-electron chi connectivity index (χ3n) is 1.53. The first-order valence-electron chi connectivity index (χ1n) is 4.16. The Hall–Kier alpha value is -1.03. The van der Waals surface area contributed by atoms with E-state index in [0.717, 1.165) is 19.6 Å². The molecule has 0 unspecified atom stereocenters. The molecule has 0 aromatic rings. The molecule has 13 heavy (non-hydrogen) atoms. The molecule has 0 atom stereocenters. The molecule has 0 rings (SSSR count). The van der Waals surface area contributed by atoms with Gasteiger partial charge in [0, 0.05) is 39.6 Å². The predicted octanol–water partition coefficient (Wildman–Crippen LogP) is 0.641. The van der Waals surface area contributed by atoms with Gasteiger partial charge in [-0.15, -0.1) is 0 Å². The van der Waals surface area contributed by atoms with Gasteiger partial charge in [-0.05, 0) is 6.42 Å². The average molecular weight is 187 g/mol. The summed E-state index contributed by atoms with van der Waals surface area (Å²) in [5.74, 6) is -0.335. The van der Waals surface area contributed by atoms with Crippen molar-refractivity contribution in [2.45, 2.75) is 6.42 Å². The average Bonchev–Trinajstić information content (AvgIpc) is 2.14. The Labute approximate surface area is 79.1 Å². The molecule has 0 fully saturated rings. The lowest BCUT2D eigenvalue weighted by Gasteiger charge is -2.12. The van der Waals surface area contributed by atoms with E-state index in [4.69, 9.17) is 4.74 Å². The Morgan fingerprint density at radius 1 is 1.46 bits per heavy atom. The first-order valence-corrected chi connectivity index (χ1v) is 4.16.